The van der Waals surface area contributed by atoms with Gasteiger partial charge in [0.25, 0.3) is 0 Å². The Morgan fingerprint density at radius 1 is 1.29 bits per heavy atom. The zero-order chi connectivity index (χ0) is 16.7. The van der Waals surface area contributed by atoms with E-state index in [0.717, 1.165) is 24.3 Å². The molecule has 6 nitrogen and oxygen atoms in total. The van der Waals surface area contributed by atoms with Crippen LogP contribution in [0.25, 0.3) is 0 Å². The van der Waals surface area contributed by atoms with Crippen LogP contribution >= 0.6 is 0 Å². The fourth-order valence-electron chi connectivity index (χ4n) is 3.37. The molecule has 2 N–H and O–H groups in total. The number of amides is 2. The molecule has 0 spiro atoms. The highest BCUT2D eigenvalue weighted by atomic mass is 16.7. The van der Waals surface area contributed by atoms with Gasteiger partial charge in [-0.1, -0.05) is 18.2 Å². The van der Waals surface area contributed by atoms with E-state index < -0.39 is 12.1 Å². The van der Waals surface area contributed by atoms with Gasteiger partial charge in [-0.15, -0.1) is 5.48 Å². The maximum absolute atomic E-state index is 12.7. The van der Waals surface area contributed by atoms with E-state index in [2.05, 4.69) is 10.8 Å². The summed E-state index contributed by atoms with van der Waals surface area (Å²) in [5.74, 6) is 1.03. The van der Waals surface area contributed by atoms with Crippen LogP contribution in [0, 0.1) is 5.92 Å². The monoisotopic (exact) mass is 327 g/mol. The third-order valence-electron chi connectivity index (χ3n) is 4.80. The minimum absolute atomic E-state index is 0.0514. The summed E-state index contributed by atoms with van der Waals surface area (Å²) < 4.78 is 0. The number of nitrogens with one attached hydrogen (secondary N) is 2. The number of carbonyl (C=O) groups is 2. The smallest absolute Gasteiger partial charge is 0.249 e. The van der Waals surface area contributed by atoms with Gasteiger partial charge in [0.05, 0.1) is 0 Å². The molecule has 2 heterocycles. The lowest BCUT2D eigenvalue weighted by Crippen LogP contribution is -2.48. The minimum atomic E-state index is -0.519. The Balaban J connectivity index is 1.42. The van der Waals surface area contributed by atoms with Crippen LogP contribution in [0.5, 0.6) is 0 Å². The van der Waals surface area contributed by atoms with Crippen molar-refractivity contribution in [2.45, 2.75) is 44.3 Å². The van der Waals surface area contributed by atoms with Gasteiger partial charge in [-0.2, -0.15) is 0 Å². The molecule has 1 saturated heterocycles. The number of allylic oxidation sites excluding steroid dienone is 1. The van der Waals surface area contributed by atoms with Crippen molar-refractivity contribution >= 4 is 17.5 Å². The number of hydrogen-bond acceptors (Lipinski definition) is 4. The molecule has 4 rings (SSSR count). The van der Waals surface area contributed by atoms with Gasteiger partial charge >= 0.3 is 0 Å². The van der Waals surface area contributed by atoms with E-state index in [9.17, 15) is 9.59 Å². The number of para-hydroxylation sites is 1. The Labute approximate surface area is 140 Å². The molecular formula is C18H21N3O3. The van der Waals surface area contributed by atoms with Crippen molar-refractivity contribution in [3.63, 3.8) is 0 Å². The average Bonchev–Trinajstić information content (AvgIpc) is 3.24. The quantitative estimate of drug-likeness (QED) is 0.879. The zero-order valence-corrected chi connectivity index (χ0v) is 13.6. The molecule has 1 aromatic carbocycles. The fraction of sp³-hybridized carbons (Fsp3) is 0.444. The Kier molecular flexibility index (Phi) is 3.76. The summed E-state index contributed by atoms with van der Waals surface area (Å²) in [6.45, 7) is 2.00. The van der Waals surface area contributed by atoms with E-state index in [4.69, 9.17) is 4.84 Å². The summed E-state index contributed by atoms with van der Waals surface area (Å²) in [5.41, 5.74) is 3.61. The molecule has 2 fully saturated rings. The molecule has 1 saturated carbocycles. The molecule has 0 radical (unpaired) electrons. The first-order chi connectivity index (χ1) is 11.6. The van der Waals surface area contributed by atoms with Crippen LogP contribution < -0.4 is 15.7 Å². The van der Waals surface area contributed by atoms with Crippen molar-refractivity contribution in [2.24, 2.45) is 5.92 Å². The number of anilines is 1. The van der Waals surface area contributed by atoms with Crippen molar-refractivity contribution in [1.29, 1.82) is 0 Å². The fourth-order valence-corrected chi connectivity index (χ4v) is 3.37. The lowest BCUT2D eigenvalue weighted by Gasteiger charge is -2.21. The normalized spacial score (nSPS) is 29.4. The molecule has 3 aliphatic rings. The molecule has 0 bridgehead atoms. The summed E-state index contributed by atoms with van der Waals surface area (Å²) >= 11 is 0. The molecule has 24 heavy (non-hydrogen) atoms. The highest BCUT2D eigenvalue weighted by Crippen LogP contribution is 2.38. The standard InChI is InChI=1S/C18H21N3O3/c1-11-9-15(18(23)21(11)13-5-3-2-4-6-13)19-17(22)14-10-16(24-20-14)12-7-8-12/h2-6,10-12,14-15,20H,7-9H2,1H3,(H,19,22). The molecule has 3 atom stereocenters. The summed E-state index contributed by atoms with van der Waals surface area (Å²) in [6.07, 6.45) is 4.66. The zero-order valence-electron chi connectivity index (χ0n) is 13.6. The largest absolute Gasteiger partial charge is 0.412 e. The van der Waals surface area contributed by atoms with Gasteiger partial charge in [0.1, 0.15) is 17.8 Å². The molecule has 2 amide bonds. The third kappa shape index (κ3) is 2.78. The molecule has 1 aliphatic carbocycles. The van der Waals surface area contributed by atoms with Gasteiger partial charge in [-0.25, -0.2) is 0 Å². The number of nitrogens with zero attached hydrogens (tertiary/aromatic N) is 1. The predicted octanol–water partition coefficient (Wildman–Crippen LogP) is 1.49. The summed E-state index contributed by atoms with van der Waals surface area (Å²) in [5, 5.41) is 2.86. The minimum Gasteiger partial charge on any atom is -0.412 e. The van der Waals surface area contributed by atoms with E-state index >= 15 is 0 Å². The lowest BCUT2D eigenvalue weighted by molar-refractivity contribution is -0.128. The number of hydrogen-bond donors (Lipinski definition) is 2. The maximum Gasteiger partial charge on any atom is 0.249 e. The molecule has 6 heteroatoms. The van der Waals surface area contributed by atoms with Gasteiger partial charge in [0, 0.05) is 17.6 Å². The third-order valence-corrected chi connectivity index (χ3v) is 4.80. The second kappa shape index (κ2) is 5.94. The van der Waals surface area contributed by atoms with E-state index in [1.165, 1.54) is 0 Å². The highest BCUT2D eigenvalue weighted by molar-refractivity contribution is 6.02. The average molecular weight is 327 g/mol. The topological polar surface area (TPSA) is 70.7 Å². The molecule has 3 unspecified atom stereocenters. The van der Waals surface area contributed by atoms with Crippen molar-refractivity contribution in [2.75, 3.05) is 4.90 Å². The number of carbonyl (C=O) groups excluding carboxylic acids is 2. The Morgan fingerprint density at radius 2 is 2.04 bits per heavy atom. The first-order valence-electron chi connectivity index (χ1n) is 8.46. The van der Waals surface area contributed by atoms with Crippen molar-refractivity contribution < 1.29 is 14.4 Å². The van der Waals surface area contributed by atoms with Gasteiger partial charge in [0.15, 0.2) is 0 Å². The molecular weight excluding hydrogens is 306 g/mol. The Bertz CT molecular complexity index is 684. The molecule has 126 valence electrons. The van der Waals surface area contributed by atoms with Gasteiger partial charge in [-0.3, -0.25) is 9.59 Å². The Hall–Kier alpha value is -2.34. The lowest BCUT2D eigenvalue weighted by atomic mass is 10.1. The molecule has 0 aromatic heterocycles. The van der Waals surface area contributed by atoms with E-state index in [-0.39, 0.29) is 17.9 Å². The first-order valence-corrected chi connectivity index (χ1v) is 8.46. The second-order valence-corrected chi connectivity index (χ2v) is 6.73. The van der Waals surface area contributed by atoms with Crippen LogP contribution in [0.15, 0.2) is 42.2 Å². The number of rotatable bonds is 4. The summed E-state index contributed by atoms with van der Waals surface area (Å²) in [4.78, 5) is 32.2. The highest BCUT2D eigenvalue weighted by Gasteiger charge is 2.40. The summed E-state index contributed by atoms with van der Waals surface area (Å²) in [6, 6.07) is 8.60. The van der Waals surface area contributed by atoms with E-state index in [0.29, 0.717) is 12.3 Å². The molecule has 1 aromatic rings. The number of benzene rings is 1. The van der Waals surface area contributed by atoms with Crippen LogP contribution in [0.1, 0.15) is 26.2 Å². The van der Waals surface area contributed by atoms with Crippen LogP contribution in [0.2, 0.25) is 0 Å². The van der Waals surface area contributed by atoms with Gasteiger partial charge in [-0.05, 0) is 44.4 Å². The van der Waals surface area contributed by atoms with Crippen molar-refractivity contribution in [3.05, 3.63) is 42.2 Å². The number of hydroxylamine groups is 1. The summed E-state index contributed by atoms with van der Waals surface area (Å²) in [7, 11) is 0. The Morgan fingerprint density at radius 3 is 2.75 bits per heavy atom. The van der Waals surface area contributed by atoms with E-state index in [1.54, 1.807) is 4.90 Å². The van der Waals surface area contributed by atoms with Crippen LogP contribution in [-0.2, 0) is 14.4 Å². The van der Waals surface area contributed by atoms with Crippen molar-refractivity contribution in [3.8, 4) is 0 Å². The predicted molar refractivity (Wildman–Crippen MR) is 88.8 cm³/mol. The SMILES string of the molecule is CC1CC(NC(=O)C2C=C(C3CC3)ON2)C(=O)N1c1ccccc1. The van der Waals surface area contributed by atoms with Crippen LogP contribution in [0.4, 0.5) is 5.69 Å². The van der Waals surface area contributed by atoms with Gasteiger partial charge in [0.2, 0.25) is 11.8 Å². The van der Waals surface area contributed by atoms with E-state index in [1.807, 2.05) is 43.3 Å². The van der Waals surface area contributed by atoms with Crippen molar-refractivity contribution in [1.82, 2.24) is 10.8 Å². The van der Waals surface area contributed by atoms with Gasteiger partial charge < -0.3 is 15.1 Å². The van der Waals surface area contributed by atoms with Crippen LogP contribution in [0.3, 0.4) is 0 Å². The first kappa shape index (κ1) is 15.2. The maximum atomic E-state index is 12.7. The second-order valence-electron chi connectivity index (χ2n) is 6.73. The van der Waals surface area contributed by atoms with Crippen LogP contribution in [-0.4, -0.2) is 29.9 Å². The molecule has 2 aliphatic heterocycles.